The third kappa shape index (κ3) is 3.26. The first-order valence-electron chi connectivity index (χ1n) is 6.74. The average Bonchev–Trinajstić information content (AvgIpc) is 2.87. The fourth-order valence-corrected chi connectivity index (χ4v) is 2.97. The molecule has 0 aliphatic carbocycles. The lowest BCUT2D eigenvalue weighted by Crippen LogP contribution is -2.43. The first-order valence-corrected chi connectivity index (χ1v) is 7.53. The van der Waals surface area contributed by atoms with Gasteiger partial charge in [0.25, 0.3) is 5.89 Å². The number of hydrogen-bond donors (Lipinski definition) is 1. The molecule has 1 N–H and O–H groups in total. The third-order valence-corrected chi connectivity index (χ3v) is 3.79. The molecule has 1 aromatic heterocycles. The molecule has 0 bridgehead atoms. The van der Waals surface area contributed by atoms with Gasteiger partial charge in [-0.15, -0.1) is 0 Å². The molecule has 1 aliphatic heterocycles. The maximum Gasteiger partial charge on any atom is 0.258 e. The lowest BCUT2D eigenvalue weighted by Gasteiger charge is -2.25. The zero-order chi connectivity index (χ0) is 13.9. The van der Waals surface area contributed by atoms with Crippen LogP contribution in [0.1, 0.15) is 11.4 Å². The van der Waals surface area contributed by atoms with Crippen LogP contribution < -0.4 is 5.32 Å². The van der Waals surface area contributed by atoms with Crippen molar-refractivity contribution in [1.82, 2.24) is 20.4 Å². The molecule has 1 aliphatic rings. The SMILES string of the molecule is Cc1cc(Br)cc(-c2nc(CN3CCNCC3)no2)c1. The Morgan fingerprint density at radius 2 is 2.10 bits per heavy atom. The molecule has 0 radical (unpaired) electrons. The van der Waals surface area contributed by atoms with Gasteiger partial charge in [0.1, 0.15) is 0 Å². The number of benzene rings is 1. The molecule has 0 atom stereocenters. The van der Waals surface area contributed by atoms with Gasteiger partial charge < -0.3 is 9.84 Å². The van der Waals surface area contributed by atoms with Gasteiger partial charge in [-0.2, -0.15) is 4.98 Å². The van der Waals surface area contributed by atoms with Crippen molar-refractivity contribution >= 4 is 15.9 Å². The minimum absolute atomic E-state index is 0.583. The third-order valence-electron chi connectivity index (χ3n) is 3.33. The Morgan fingerprint density at radius 3 is 2.85 bits per heavy atom. The van der Waals surface area contributed by atoms with E-state index >= 15 is 0 Å². The molecule has 1 fully saturated rings. The number of halogens is 1. The lowest BCUT2D eigenvalue weighted by atomic mass is 10.1. The number of piperazine rings is 1. The maximum atomic E-state index is 5.38. The zero-order valence-corrected chi connectivity index (χ0v) is 13.0. The molecule has 106 valence electrons. The van der Waals surface area contributed by atoms with Crippen molar-refractivity contribution < 1.29 is 4.52 Å². The Morgan fingerprint density at radius 1 is 1.30 bits per heavy atom. The number of nitrogens with one attached hydrogen (secondary N) is 1. The molecular weight excluding hydrogens is 320 g/mol. The largest absolute Gasteiger partial charge is 0.334 e. The number of aromatic nitrogens is 2. The summed E-state index contributed by atoms with van der Waals surface area (Å²) >= 11 is 3.49. The van der Waals surface area contributed by atoms with Gasteiger partial charge in [0.05, 0.1) is 6.54 Å². The Bertz CT molecular complexity index is 572. The summed E-state index contributed by atoms with van der Waals surface area (Å²) in [6.07, 6.45) is 0. The molecule has 6 heteroatoms. The standard InChI is InChI=1S/C14H17BrN4O/c1-10-6-11(8-12(15)7-10)14-17-13(18-20-14)9-19-4-2-16-3-5-19/h6-8,16H,2-5,9H2,1H3. The van der Waals surface area contributed by atoms with Crippen LogP contribution in [0.3, 0.4) is 0 Å². The van der Waals surface area contributed by atoms with Crippen molar-refractivity contribution in [2.45, 2.75) is 13.5 Å². The van der Waals surface area contributed by atoms with Crippen LogP contribution in [0.4, 0.5) is 0 Å². The Hall–Kier alpha value is -1.24. The van der Waals surface area contributed by atoms with Crippen molar-refractivity contribution in [3.63, 3.8) is 0 Å². The lowest BCUT2D eigenvalue weighted by molar-refractivity contribution is 0.225. The molecule has 0 amide bonds. The van der Waals surface area contributed by atoms with Crippen molar-refractivity contribution in [3.05, 3.63) is 34.1 Å². The second-order valence-corrected chi connectivity index (χ2v) is 5.97. The molecule has 2 heterocycles. The number of nitrogens with zero attached hydrogens (tertiary/aromatic N) is 3. The van der Waals surface area contributed by atoms with E-state index in [4.69, 9.17) is 4.52 Å². The fraction of sp³-hybridized carbons (Fsp3) is 0.429. The van der Waals surface area contributed by atoms with E-state index in [1.807, 2.05) is 19.1 Å². The topological polar surface area (TPSA) is 54.2 Å². The second-order valence-electron chi connectivity index (χ2n) is 5.06. The van der Waals surface area contributed by atoms with Gasteiger partial charge in [-0.05, 0) is 30.7 Å². The van der Waals surface area contributed by atoms with Crippen LogP contribution in [0.2, 0.25) is 0 Å². The van der Waals surface area contributed by atoms with Crippen LogP contribution in [-0.2, 0) is 6.54 Å². The van der Waals surface area contributed by atoms with Crippen molar-refractivity contribution in [2.24, 2.45) is 0 Å². The van der Waals surface area contributed by atoms with E-state index in [9.17, 15) is 0 Å². The maximum absolute atomic E-state index is 5.38. The highest BCUT2D eigenvalue weighted by atomic mass is 79.9. The van der Waals surface area contributed by atoms with E-state index in [2.05, 4.69) is 42.4 Å². The summed E-state index contributed by atoms with van der Waals surface area (Å²) in [5, 5.41) is 7.42. The second kappa shape index (κ2) is 6.03. The monoisotopic (exact) mass is 336 g/mol. The summed E-state index contributed by atoms with van der Waals surface area (Å²) in [7, 11) is 0. The number of hydrogen-bond acceptors (Lipinski definition) is 5. The molecule has 1 aromatic carbocycles. The van der Waals surface area contributed by atoms with E-state index < -0.39 is 0 Å². The van der Waals surface area contributed by atoms with Crippen molar-refractivity contribution in [1.29, 1.82) is 0 Å². The Labute approximate surface area is 126 Å². The van der Waals surface area contributed by atoms with Crippen molar-refractivity contribution in [3.8, 4) is 11.5 Å². The molecule has 3 rings (SSSR count). The molecule has 1 saturated heterocycles. The zero-order valence-electron chi connectivity index (χ0n) is 11.4. The average molecular weight is 337 g/mol. The van der Waals surface area contributed by atoms with Crippen LogP contribution >= 0.6 is 15.9 Å². The summed E-state index contributed by atoms with van der Waals surface area (Å²) in [6.45, 7) is 6.90. The fourth-order valence-electron chi connectivity index (χ4n) is 2.36. The highest BCUT2D eigenvalue weighted by Gasteiger charge is 2.15. The summed E-state index contributed by atoms with van der Waals surface area (Å²) in [5.41, 5.74) is 2.12. The molecule has 0 unspecified atom stereocenters. The van der Waals surface area contributed by atoms with Gasteiger partial charge in [0.2, 0.25) is 0 Å². The molecule has 2 aromatic rings. The highest BCUT2D eigenvalue weighted by Crippen LogP contribution is 2.23. The summed E-state index contributed by atoms with van der Waals surface area (Å²) in [4.78, 5) is 6.83. The van der Waals surface area contributed by atoms with E-state index in [0.29, 0.717) is 5.89 Å². The van der Waals surface area contributed by atoms with Crippen LogP contribution in [0, 0.1) is 6.92 Å². The van der Waals surface area contributed by atoms with Crippen LogP contribution in [0.15, 0.2) is 27.2 Å². The van der Waals surface area contributed by atoms with E-state index in [1.54, 1.807) is 0 Å². The minimum Gasteiger partial charge on any atom is -0.334 e. The van der Waals surface area contributed by atoms with Gasteiger partial charge in [-0.3, -0.25) is 4.90 Å². The number of aryl methyl sites for hydroxylation is 1. The van der Waals surface area contributed by atoms with Crippen molar-refractivity contribution in [2.75, 3.05) is 26.2 Å². The predicted molar refractivity (Wildman–Crippen MR) is 80.3 cm³/mol. The Balaban J connectivity index is 1.75. The first-order chi connectivity index (χ1) is 9.70. The molecule has 20 heavy (non-hydrogen) atoms. The smallest absolute Gasteiger partial charge is 0.258 e. The van der Waals surface area contributed by atoms with Gasteiger partial charge in [-0.25, -0.2) is 0 Å². The summed E-state index contributed by atoms with van der Waals surface area (Å²) < 4.78 is 6.40. The molecule has 0 spiro atoms. The van der Waals surface area contributed by atoms with Gasteiger partial charge in [0, 0.05) is 36.2 Å². The molecule has 0 saturated carbocycles. The van der Waals surface area contributed by atoms with Gasteiger partial charge in [0.15, 0.2) is 5.82 Å². The predicted octanol–water partition coefficient (Wildman–Crippen LogP) is 2.21. The van der Waals surface area contributed by atoms with E-state index in [0.717, 1.165) is 54.1 Å². The van der Waals surface area contributed by atoms with Gasteiger partial charge in [-0.1, -0.05) is 21.1 Å². The minimum atomic E-state index is 0.583. The van der Waals surface area contributed by atoms with Gasteiger partial charge >= 0.3 is 0 Å². The first kappa shape index (κ1) is 13.7. The normalized spacial score (nSPS) is 16.5. The van der Waals surface area contributed by atoms with Crippen LogP contribution in [0.5, 0.6) is 0 Å². The van der Waals surface area contributed by atoms with E-state index in [-0.39, 0.29) is 0 Å². The molecular formula is C14H17BrN4O. The van der Waals surface area contributed by atoms with Crippen LogP contribution in [0.25, 0.3) is 11.5 Å². The Kier molecular flexibility index (Phi) is 4.14. The quantitative estimate of drug-likeness (QED) is 0.931. The summed E-state index contributed by atoms with van der Waals surface area (Å²) in [5.74, 6) is 1.33. The molecule has 5 nitrogen and oxygen atoms in total. The van der Waals surface area contributed by atoms with Crippen LogP contribution in [-0.4, -0.2) is 41.2 Å². The summed E-state index contributed by atoms with van der Waals surface area (Å²) in [6, 6.07) is 6.10. The van der Waals surface area contributed by atoms with E-state index in [1.165, 1.54) is 0 Å². The number of rotatable bonds is 3. The highest BCUT2D eigenvalue weighted by molar-refractivity contribution is 9.10.